The highest BCUT2D eigenvalue weighted by atomic mass is 35.5. The van der Waals surface area contributed by atoms with Crippen molar-refractivity contribution in [3.05, 3.63) is 63.8 Å². The zero-order chi connectivity index (χ0) is 16.1. The third-order valence-electron chi connectivity index (χ3n) is 4.20. The van der Waals surface area contributed by atoms with Gasteiger partial charge in [0.05, 0.1) is 12.6 Å². The maximum absolute atomic E-state index is 12.2. The molecule has 4 N–H and O–H groups in total. The molecule has 5 nitrogen and oxygen atoms in total. The van der Waals surface area contributed by atoms with E-state index in [2.05, 4.69) is 10.3 Å². The number of benzene rings is 2. The number of phenolic OH excluding ortho intramolecular Hbond substituents is 1. The van der Waals surface area contributed by atoms with Crippen molar-refractivity contribution in [2.45, 2.75) is 12.6 Å². The van der Waals surface area contributed by atoms with Gasteiger partial charge in [0.25, 0.3) is 5.91 Å². The van der Waals surface area contributed by atoms with Crippen molar-refractivity contribution >= 4 is 28.4 Å². The van der Waals surface area contributed by atoms with Gasteiger partial charge in [-0.05, 0) is 42.0 Å². The normalized spacial score (nSPS) is 16.6. The van der Waals surface area contributed by atoms with E-state index in [1.807, 2.05) is 6.07 Å². The van der Waals surface area contributed by atoms with Crippen molar-refractivity contribution in [3.8, 4) is 5.75 Å². The monoisotopic (exact) mass is 328 g/mol. The average molecular weight is 329 g/mol. The molecule has 1 aliphatic heterocycles. The van der Waals surface area contributed by atoms with Gasteiger partial charge in [0, 0.05) is 32.7 Å². The summed E-state index contributed by atoms with van der Waals surface area (Å²) in [6.45, 7) is -0.192. The second-order valence-corrected chi connectivity index (χ2v) is 5.98. The molecule has 2 heterocycles. The largest absolute Gasteiger partial charge is 0.508 e. The number of aliphatic hydroxyl groups is 1. The molecular formula is C17H13ClN2O3. The molecule has 116 valence electrons. The molecule has 6 heteroatoms. The second-order valence-electron chi connectivity index (χ2n) is 5.54. The van der Waals surface area contributed by atoms with E-state index in [-0.39, 0.29) is 18.3 Å². The Kier molecular flexibility index (Phi) is 3.07. The molecule has 3 aromatic rings. The number of carbonyl (C=O) groups excluding carboxylic acids is 1. The number of aliphatic hydroxyl groups excluding tert-OH is 1. The van der Waals surface area contributed by atoms with E-state index in [0.717, 1.165) is 16.5 Å². The van der Waals surface area contributed by atoms with Crippen molar-refractivity contribution in [3.63, 3.8) is 0 Å². The molecule has 4 rings (SSSR count). The number of hydrogen-bond acceptors (Lipinski definition) is 3. The van der Waals surface area contributed by atoms with E-state index in [4.69, 9.17) is 11.6 Å². The summed E-state index contributed by atoms with van der Waals surface area (Å²) in [5.74, 6) is -0.112. The van der Waals surface area contributed by atoms with Crippen LogP contribution in [0, 0.1) is 0 Å². The first kappa shape index (κ1) is 14.1. The minimum absolute atomic E-state index is 0.0914. The van der Waals surface area contributed by atoms with Crippen LogP contribution in [0.5, 0.6) is 5.75 Å². The number of carbonyl (C=O) groups is 1. The number of fused-ring (bicyclic) bond motifs is 2. The van der Waals surface area contributed by atoms with Crippen LogP contribution in [0.15, 0.2) is 36.4 Å². The van der Waals surface area contributed by atoms with Crippen LogP contribution >= 0.6 is 11.6 Å². The molecule has 0 spiro atoms. The average Bonchev–Trinajstić information content (AvgIpc) is 3.04. The topological polar surface area (TPSA) is 85.4 Å². The predicted molar refractivity (Wildman–Crippen MR) is 86.6 cm³/mol. The number of H-pyrrole nitrogens is 1. The van der Waals surface area contributed by atoms with Gasteiger partial charge in [-0.1, -0.05) is 11.6 Å². The van der Waals surface area contributed by atoms with Crippen LogP contribution in [0.3, 0.4) is 0 Å². The van der Waals surface area contributed by atoms with Gasteiger partial charge < -0.3 is 20.5 Å². The maximum atomic E-state index is 12.2. The molecule has 0 aliphatic carbocycles. The van der Waals surface area contributed by atoms with Gasteiger partial charge in [-0.2, -0.15) is 0 Å². The molecule has 23 heavy (non-hydrogen) atoms. The number of nitrogens with one attached hydrogen (secondary N) is 2. The highest BCUT2D eigenvalue weighted by Crippen LogP contribution is 2.39. The summed E-state index contributed by atoms with van der Waals surface area (Å²) >= 11 is 6.10. The molecule has 1 aliphatic rings. The molecule has 1 atom stereocenters. The molecular weight excluding hydrogens is 316 g/mol. The number of hydrogen-bond donors (Lipinski definition) is 4. The molecule has 1 amide bonds. The summed E-state index contributed by atoms with van der Waals surface area (Å²) in [5, 5.41) is 23.8. The zero-order valence-corrected chi connectivity index (χ0v) is 12.7. The van der Waals surface area contributed by atoms with Gasteiger partial charge in [0.1, 0.15) is 5.75 Å². The number of aromatic hydroxyl groups is 1. The minimum Gasteiger partial charge on any atom is -0.508 e. The Morgan fingerprint density at radius 3 is 2.78 bits per heavy atom. The SMILES string of the molecule is O=C1NC(c2c(CO)[nH]c3ccc(Cl)cc23)c2cc(O)ccc21. The van der Waals surface area contributed by atoms with Crippen molar-refractivity contribution in [2.75, 3.05) is 0 Å². The minimum atomic E-state index is -0.445. The number of rotatable bonds is 2. The van der Waals surface area contributed by atoms with Crippen molar-refractivity contribution in [1.82, 2.24) is 10.3 Å². The first-order valence-corrected chi connectivity index (χ1v) is 7.51. The molecule has 0 fully saturated rings. The Morgan fingerprint density at radius 2 is 2.00 bits per heavy atom. The van der Waals surface area contributed by atoms with E-state index < -0.39 is 6.04 Å². The van der Waals surface area contributed by atoms with Crippen molar-refractivity contribution in [2.24, 2.45) is 0 Å². The smallest absolute Gasteiger partial charge is 0.252 e. The van der Waals surface area contributed by atoms with E-state index in [0.29, 0.717) is 21.8 Å². The van der Waals surface area contributed by atoms with E-state index in [1.54, 1.807) is 24.3 Å². The van der Waals surface area contributed by atoms with Crippen LogP contribution in [0.25, 0.3) is 10.9 Å². The fourth-order valence-electron chi connectivity index (χ4n) is 3.21. The fraction of sp³-hybridized carbons (Fsp3) is 0.118. The quantitative estimate of drug-likeness (QED) is 0.583. The van der Waals surface area contributed by atoms with Crippen LogP contribution in [0.2, 0.25) is 5.02 Å². The molecule has 2 aromatic carbocycles. The van der Waals surface area contributed by atoms with E-state index in [9.17, 15) is 15.0 Å². The summed E-state index contributed by atoms with van der Waals surface area (Å²) in [7, 11) is 0. The van der Waals surface area contributed by atoms with Gasteiger partial charge in [-0.25, -0.2) is 0 Å². The van der Waals surface area contributed by atoms with Gasteiger partial charge in [-0.3, -0.25) is 4.79 Å². The van der Waals surface area contributed by atoms with Crippen LogP contribution in [0.1, 0.15) is 33.2 Å². The predicted octanol–water partition coefficient (Wildman–Crippen LogP) is 2.85. The van der Waals surface area contributed by atoms with Gasteiger partial charge >= 0.3 is 0 Å². The Morgan fingerprint density at radius 1 is 1.17 bits per heavy atom. The van der Waals surface area contributed by atoms with Crippen molar-refractivity contribution < 1.29 is 15.0 Å². The number of amides is 1. The molecule has 1 aromatic heterocycles. The molecule has 0 radical (unpaired) electrons. The lowest BCUT2D eigenvalue weighted by Gasteiger charge is -2.13. The van der Waals surface area contributed by atoms with Gasteiger partial charge in [0.15, 0.2) is 0 Å². The van der Waals surface area contributed by atoms with Crippen LogP contribution < -0.4 is 5.32 Å². The zero-order valence-electron chi connectivity index (χ0n) is 11.9. The second kappa shape index (κ2) is 5.01. The summed E-state index contributed by atoms with van der Waals surface area (Å²) in [6.07, 6.45) is 0. The Hall–Kier alpha value is -2.50. The summed E-state index contributed by atoms with van der Waals surface area (Å²) < 4.78 is 0. The lowest BCUT2D eigenvalue weighted by Crippen LogP contribution is -2.20. The number of aromatic amines is 1. The summed E-state index contributed by atoms with van der Waals surface area (Å²) in [4.78, 5) is 15.3. The third kappa shape index (κ3) is 2.09. The van der Waals surface area contributed by atoms with Crippen LogP contribution in [-0.4, -0.2) is 21.1 Å². The first-order chi connectivity index (χ1) is 11.1. The molecule has 0 bridgehead atoms. The van der Waals surface area contributed by atoms with Gasteiger partial charge in [-0.15, -0.1) is 0 Å². The lowest BCUT2D eigenvalue weighted by molar-refractivity contribution is 0.0960. The fourth-order valence-corrected chi connectivity index (χ4v) is 3.38. The summed E-state index contributed by atoms with van der Waals surface area (Å²) in [5.41, 5.74) is 3.42. The molecule has 0 saturated heterocycles. The van der Waals surface area contributed by atoms with E-state index in [1.165, 1.54) is 6.07 Å². The Balaban J connectivity index is 1.99. The van der Waals surface area contributed by atoms with Crippen molar-refractivity contribution in [1.29, 1.82) is 0 Å². The first-order valence-electron chi connectivity index (χ1n) is 7.13. The summed E-state index contributed by atoms with van der Waals surface area (Å²) in [6, 6.07) is 9.61. The number of aromatic nitrogens is 1. The van der Waals surface area contributed by atoms with Gasteiger partial charge in [0.2, 0.25) is 0 Å². The molecule has 1 unspecified atom stereocenters. The highest BCUT2D eigenvalue weighted by Gasteiger charge is 2.33. The third-order valence-corrected chi connectivity index (χ3v) is 4.43. The Labute approximate surface area is 136 Å². The van der Waals surface area contributed by atoms with Crippen LogP contribution in [-0.2, 0) is 6.61 Å². The highest BCUT2D eigenvalue weighted by molar-refractivity contribution is 6.31. The number of phenols is 1. The molecule has 0 saturated carbocycles. The Bertz CT molecular complexity index is 948. The number of halogens is 1. The standard InChI is InChI=1S/C17H13ClN2O3/c18-8-1-4-13-12(5-8)15(14(7-21)19-13)16-11-6-9(22)2-3-10(11)17(23)20-16/h1-6,16,19,21-22H,7H2,(H,20,23). The van der Waals surface area contributed by atoms with E-state index >= 15 is 0 Å². The lowest BCUT2D eigenvalue weighted by atomic mass is 9.95. The maximum Gasteiger partial charge on any atom is 0.252 e. The van der Waals surface area contributed by atoms with Crippen LogP contribution in [0.4, 0.5) is 0 Å².